The Hall–Kier alpha value is -2.54. The van der Waals surface area contributed by atoms with Crippen molar-refractivity contribution in [3.63, 3.8) is 0 Å². The first-order valence-electron chi connectivity index (χ1n) is 10.6. The first kappa shape index (κ1) is 20.7. The number of fused-ring (bicyclic) bond motifs is 3. The number of nitrogens with zero attached hydrogens (tertiary/aromatic N) is 2. The van der Waals surface area contributed by atoms with Gasteiger partial charge < -0.3 is 4.74 Å². The van der Waals surface area contributed by atoms with Gasteiger partial charge in [0.25, 0.3) is 17.7 Å². The number of carbonyl (C=O) groups excluding carboxylic acids is 3. The van der Waals surface area contributed by atoms with Gasteiger partial charge in [-0.1, -0.05) is 20.8 Å². The molecule has 7 nitrogen and oxygen atoms in total. The third-order valence-electron chi connectivity index (χ3n) is 7.77. The second kappa shape index (κ2) is 7.30. The second-order valence-electron chi connectivity index (χ2n) is 9.36. The summed E-state index contributed by atoms with van der Waals surface area (Å²) in [4.78, 5) is 39.1. The number of amides is 3. The van der Waals surface area contributed by atoms with E-state index in [0.29, 0.717) is 36.6 Å². The number of hydrogen-bond acceptors (Lipinski definition) is 5. The summed E-state index contributed by atoms with van der Waals surface area (Å²) >= 11 is 0. The van der Waals surface area contributed by atoms with Gasteiger partial charge in [-0.25, -0.2) is 5.43 Å². The Bertz CT molecular complexity index is 952. The second-order valence-corrected chi connectivity index (χ2v) is 9.36. The van der Waals surface area contributed by atoms with Gasteiger partial charge in [0.05, 0.1) is 11.1 Å². The summed E-state index contributed by atoms with van der Waals surface area (Å²) in [6.07, 6.45) is 3.78. The molecule has 30 heavy (non-hydrogen) atoms. The predicted molar refractivity (Wildman–Crippen MR) is 112 cm³/mol. The maximum Gasteiger partial charge on any atom is 0.271 e. The molecule has 0 aromatic heterocycles. The van der Waals surface area contributed by atoms with Gasteiger partial charge in [0.2, 0.25) is 0 Å². The van der Waals surface area contributed by atoms with Crippen molar-refractivity contribution in [3.05, 3.63) is 34.9 Å². The summed E-state index contributed by atoms with van der Waals surface area (Å²) in [5.41, 5.74) is 4.85. The fraction of sp³-hybridized carbons (Fsp3) is 0.565. The van der Waals surface area contributed by atoms with Crippen molar-refractivity contribution in [2.45, 2.75) is 46.5 Å². The monoisotopic (exact) mass is 411 g/mol. The normalized spacial score (nSPS) is 27.8. The van der Waals surface area contributed by atoms with Crippen LogP contribution in [0, 0.1) is 16.7 Å². The highest BCUT2D eigenvalue weighted by atomic mass is 16.5. The standard InChI is InChI=1S/C23H29N3O4/c1-22(2)15-8-9-23(22,3)18(13-15)24-25-19(27)14-6-7-16-17(12-14)21(29)26(20(16)28)10-5-11-30-4/h6-7,12,15H,5,8-11,13H2,1-4H3,(H,25,27)/b24-18-/t15-,23-/m1/s1. The SMILES string of the molecule is COCCCN1C(=O)c2ccc(C(=O)N/N=C3/C[C@H]4CC[C@@]3(C)C4(C)C)cc2C1=O. The number of ether oxygens (including phenoxy) is 1. The smallest absolute Gasteiger partial charge is 0.271 e. The lowest BCUT2D eigenvalue weighted by atomic mass is 9.70. The summed E-state index contributed by atoms with van der Waals surface area (Å²) < 4.78 is 4.99. The quantitative estimate of drug-likeness (QED) is 0.442. The molecule has 2 atom stereocenters. The van der Waals surface area contributed by atoms with Crippen LogP contribution in [0.4, 0.5) is 0 Å². The molecule has 2 aliphatic carbocycles. The maximum atomic E-state index is 12.7. The molecular formula is C23H29N3O4. The summed E-state index contributed by atoms with van der Waals surface area (Å²) in [7, 11) is 1.58. The lowest BCUT2D eigenvalue weighted by Gasteiger charge is -2.34. The Balaban J connectivity index is 1.49. The average molecular weight is 412 g/mol. The molecule has 0 radical (unpaired) electrons. The largest absolute Gasteiger partial charge is 0.385 e. The van der Waals surface area contributed by atoms with Crippen LogP contribution in [0.2, 0.25) is 0 Å². The third-order valence-corrected chi connectivity index (χ3v) is 7.77. The number of benzene rings is 1. The molecular weight excluding hydrogens is 382 g/mol. The molecule has 1 aromatic rings. The van der Waals surface area contributed by atoms with Crippen molar-refractivity contribution >= 4 is 23.4 Å². The minimum atomic E-state index is -0.368. The number of hydrazone groups is 1. The lowest BCUT2D eigenvalue weighted by Crippen LogP contribution is -2.34. The fourth-order valence-corrected chi connectivity index (χ4v) is 5.28. The van der Waals surface area contributed by atoms with Gasteiger partial charge in [-0.2, -0.15) is 5.10 Å². The third kappa shape index (κ3) is 2.98. The fourth-order valence-electron chi connectivity index (χ4n) is 5.28. The Kier molecular flexibility index (Phi) is 5.04. The minimum Gasteiger partial charge on any atom is -0.385 e. The predicted octanol–water partition coefficient (Wildman–Crippen LogP) is 3.25. The van der Waals surface area contributed by atoms with E-state index in [4.69, 9.17) is 4.74 Å². The molecule has 1 heterocycles. The van der Waals surface area contributed by atoms with Crippen LogP contribution in [-0.2, 0) is 4.74 Å². The number of imide groups is 1. The molecule has 3 aliphatic rings. The van der Waals surface area contributed by atoms with Gasteiger partial charge in [-0.15, -0.1) is 0 Å². The number of methoxy groups -OCH3 is 1. The summed E-state index contributed by atoms with van der Waals surface area (Å²) in [6, 6.07) is 4.62. The summed E-state index contributed by atoms with van der Waals surface area (Å²) in [6.45, 7) is 7.58. The molecule has 1 aliphatic heterocycles. The van der Waals surface area contributed by atoms with Crippen molar-refractivity contribution in [1.29, 1.82) is 0 Å². The van der Waals surface area contributed by atoms with E-state index in [1.165, 1.54) is 17.4 Å². The molecule has 3 amide bonds. The van der Waals surface area contributed by atoms with E-state index in [1.54, 1.807) is 19.2 Å². The molecule has 160 valence electrons. The van der Waals surface area contributed by atoms with Crippen molar-refractivity contribution < 1.29 is 19.1 Å². The molecule has 4 rings (SSSR count). The van der Waals surface area contributed by atoms with Crippen molar-refractivity contribution in [2.75, 3.05) is 20.3 Å². The number of hydrogen-bond donors (Lipinski definition) is 1. The van der Waals surface area contributed by atoms with Crippen molar-refractivity contribution in [1.82, 2.24) is 10.3 Å². The van der Waals surface area contributed by atoms with E-state index in [9.17, 15) is 14.4 Å². The van der Waals surface area contributed by atoms with Crippen molar-refractivity contribution in [3.8, 4) is 0 Å². The molecule has 2 bridgehead atoms. The van der Waals surface area contributed by atoms with Crippen LogP contribution in [0.25, 0.3) is 0 Å². The van der Waals surface area contributed by atoms with Crippen LogP contribution in [-0.4, -0.2) is 48.6 Å². The topological polar surface area (TPSA) is 88.1 Å². The van der Waals surface area contributed by atoms with E-state index in [-0.39, 0.29) is 34.1 Å². The molecule has 2 fully saturated rings. The Labute approximate surface area is 176 Å². The molecule has 1 N–H and O–H groups in total. The van der Waals surface area contributed by atoms with E-state index in [1.807, 2.05) is 0 Å². The Morgan fingerprint density at radius 1 is 1.23 bits per heavy atom. The molecule has 0 saturated heterocycles. The minimum absolute atomic E-state index is 0.00791. The van der Waals surface area contributed by atoms with Crippen LogP contribution in [0.15, 0.2) is 23.3 Å². The molecule has 2 saturated carbocycles. The van der Waals surface area contributed by atoms with Gasteiger partial charge >= 0.3 is 0 Å². The van der Waals surface area contributed by atoms with Crippen LogP contribution in [0.5, 0.6) is 0 Å². The Morgan fingerprint density at radius 2 is 1.97 bits per heavy atom. The first-order chi connectivity index (χ1) is 14.2. The molecule has 1 aromatic carbocycles. The maximum absolute atomic E-state index is 12.7. The number of carbonyl (C=O) groups is 3. The van der Waals surface area contributed by atoms with E-state index >= 15 is 0 Å². The molecule has 0 spiro atoms. The zero-order chi connectivity index (χ0) is 21.7. The first-order valence-corrected chi connectivity index (χ1v) is 10.6. The van der Waals surface area contributed by atoms with E-state index < -0.39 is 0 Å². The van der Waals surface area contributed by atoms with Crippen LogP contribution in [0.1, 0.15) is 77.5 Å². The van der Waals surface area contributed by atoms with Crippen LogP contribution >= 0.6 is 0 Å². The highest BCUT2D eigenvalue weighted by Crippen LogP contribution is 2.63. The van der Waals surface area contributed by atoms with Crippen LogP contribution in [0.3, 0.4) is 0 Å². The van der Waals surface area contributed by atoms with Crippen molar-refractivity contribution in [2.24, 2.45) is 21.8 Å². The Morgan fingerprint density at radius 3 is 2.60 bits per heavy atom. The lowest BCUT2D eigenvalue weighted by molar-refractivity contribution is 0.0638. The van der Waals surface area contributed by atoms with Gasteiger partial charge in [-0.3, -0.25) is 19.3 Å². The molecule has 7 heteroatoms. The zero-order valence-electron chi connectivity index (χ0n) is 18.1. The van der Waals surface area contributed by atoms with Gasteiger partial charge in [-0.05, 0) is 55.2 Å². The van der Waals surface area contributed by atoms with Gasteiger partial charge in [0.15, 0.2) is 0 Å². The number of rotatable bonds is 6. The van der Waals surface area contributed by atoms with Gasteiger partial charge in [0, 0.05) is 37.0 Å². The van der Waals surface area contributed by atoms with E-state index in [0.717, 1.165) is 18.6 Å². The van der Waals surface area contributed by atoms with E-state index in [2.05, 4.69) is 31.3 Å². The average Bonchev–Trinajstić information content (AvgIpc) is 3.18. The summed E-state index contributed by atoms with van der Waals surface area (Å²) in [5, 5.41) is 4.48. The van der Waals surface area contributed by atoms with Gasteiger partial charge in [0.1, 0.15) is 0 Å². The summed E-state index contributed by atoms with van der Waals surface area (Å²) in [5.74, 6) is -0.455. The molecule has 0 unspecified atom stereocenters. The number of nitrogens with one attached hydrogen (secondary N) is 1. The zero-order valence-corrected chi connectivity index (χ0v) is 18.1. The highest BCUT2D eigenvalue weighted by molar-refractivity contribution is 6.22. The van der Waals surface area contributed by atoms with Crippen LogP contribution < -0.4 is 5.43 Å². The highest BCUT2D eigenvalue weighted by Gasteiger charge is 2.60.